The largest absolute Gasteiger partial charge is 0.289 e. The highest BCUT2D eigenvalue weighted by atomic mass is 35.5. The molecule has 0 bridgehead atoms. The molecule has 0 aromatic carbocycles. The molecule has 0 unspecified atom stereocenters. The lowest BCUT2D eigenvalue weighted by Gasteiger charge is -2.04. The highest BCUT2D eigenvalue weighted by Crippen LogP contribution is 2.08. The van der Waals surface area contributed by atoms with Gasteiger partial charge in [0.2, 0.25) is 5.95 Å². The second-order valence-electron chi connectivity index (χ2n) is 3.33. The number of nitrogens with zero attached hydrogens (tertiary/aromatic N) is 3. The molecule has 1 amide bonds. The van der Waals surface area contributed by atoms with Crippen LogP contribution in [0.3, 0.4) is 0 Å². The number of amides is 1. The van der Waals surface area contributed by atoms with Gasteiger partial charge in [-0.3, -0.25) is 15.1 Å². The Morgan fingerprint density at radius 2 is 2.12 bits per heavy atom. The van der Waals surface area contributed by atoms with Crippen molar-refractivity contribution in [3.63, 3.8) is 0 Å². The summed E-state index contributed by atoms with van der Waals surface area (Å²) in [4.78, 5) is 23.6. The van der Waals surface area contributed by atoms with Crippen molar-refractivity contribution in [2.45, 2.75) is 6.92 Å². The lowest BCUT2D eigenvalue weighted by Crippen LogP contribution is -2.16. The lowest BCUT2D eigenvalue weighted by atomic mass is 10.2. The molecule has 5 nitrogen and oxygen atoms in total. The van der Waals surface area contributed by atoms with Crippen molar-refractivity contribution >= 4 is 23.5 Å². The quantitative estimate of drug-likeness (QED) is 0.827. The number of anilines is 1. The summed E-state index contributed by atoms with van der Waals surface area (Å²) in [6, 6.07) is 5.10. The number of rotatable bonds is 2. The van der Waals surface area contributed by atoms with Gasteiger partial charge in [0.25, 0.3) is 5.91 Å². The summed E-state index contributed by atoms with van der Waals surface area (Å²) < 4.78 is 0. The number of hydrogen-bond donors (Lipinski definition) is 1. The second-order valence-corrected chi connectivity index (χ2v) is 3.71. The number of nitrogens with one attached hydrogen (secondary N) is 1. The SMILES string of the molecule is Cc1cccnc1C(=O)Nc1nccc(Cl)n1. The van der Waals surface area contributed by atoms with Crippen LogP contribution in [0, 0.1) is 6.92 Å². The van der Waals surface area contributed by atoms with E-state index in [1.54, 1.807) is 25.3 Å². The first kappa shape index (κ1) is 11.5. The minimum atomic E-state index is -0.356. The Morgan fingerprint density at radius 1 is 1.29 bits per heavy atom. The molecule has 0 fully saturated rings. The molecule has 17 heavy (non-hydrogen) atoms. The monoisotopic (exact) mass is 248 g/mol. The molecule has 0 atom stereocenters. The van der Waals surface area contributed by atoms with Gasteiger partial charge in [0.05, 0.1) is 0 Å². The minimum Gasteiger partial charge on any atom is -0.289 e. The van der Waals surface area contributed by atoms with Crippen LogP contribution in [-0.4, -0.2) is 20.9 Å². The third kappa shape index (κ3) is 2.76. The zero-order valence-electron chi connectivity index (χ0n) is 9.01. The van der Waals surface area contributed by atoms with E-state index in [-0.39, 0.29) is 17.0 Å². The summed E-state index contributed by atoms with van der Waals surface area (Å²) in [5.41, 5.74) is 1.13. The standard InChI is InChI=1S/C11H9ClN4O/c1-7-3-2-5-13-9(7)10(17)16-11-14-6-4-8(12)15-11/h2-6H,1H3,(H,14,15,16,17). The van der Waals surface area contributed by atoms with E-state index < -0.39 is 0 Å². The number of carbonyl (C=O) groups excluding carboxylic acids is 1. The zero-order valence-corrected chi connectivity index (χ0v) is 9.77. The third-order valence-corrected chi connectivity index (χ3v) is 2.28. The van der Waals surface area contributed by atoms with E-state index >= 15 is 0 Å². The molecule has 6 heteroatoms. The van der Waals surface area contributed by atoms with Crippen molar-refractivity contribution in [1.82, 2.24) is 15.0 Å². The van der Waals surface area contributed by atoms with Crippen molar-refractivity contribution in [2.24, 2.45) is 0 Å². The highest BCUT2D eigenvalue weighted by molar-refractivity contribution is 6.29. The Bertz CT molecular complexity index is 559. The molecule has 0 saturated carbocycles. The van der Waals surface area contributed by atoms with Crippen molar-refractivity contribution in [1.29, 1.82) is 0 Å². The molecule has 0 radical (unpaired) electrons. The highest BCUT2D eigenvalue weighted by Gasteiger charge is 2.11. The molecule has 2 heterocycles. The zero-order chi connectivity index (χ0) is 12.3. The topological polar surface area (TPSA) is 67.8 Å². The summed E-state index contributed by atoms with van der Waals surface area (Å²) in [5.74, 6) is -0.196. The Hall–Kier alpha value is -2.01. The van der Waals surface area contributed by atoms with Crippen molar-refractivity contribution < 1.29 is 4.79 Å². The summed E-state index contributed by atoms with van der Waals surface area (Å²) in [5, 5.41) is 2.80. The Balaban J connectivity index is 2.20. The third-order valence-electron chi connectivity index (χ3n) is 2.07. The van der Waals surface area contributed by atoms with E-state index in [4.69, 9.17) is 11.6 Å². The first-order valence-corrected chi connectivity index (χ1v) is 5.26. The van der Waals surface area contributed by atoms with Gasteiger partial charge in [-0.15, -0.1) is 0 Å². The molecule has 0 aliphatic rings. The number of aryl methyl sites for hydroxylation is 1. The van der Waals surface area contributed by atoms with Gasteiger partial charge >= 0.3 is 0 Å². The minimum absolute atomic E-state index is 0.160. The average molecular weight is 249 g/mol. The van der Waals surface area contributed by atoms with Gasteiger partial charge < -0.3 is 0 Å². The van der Waals surface area contributed by atoms with Crippen LogP contribution >= 0.6 is 11.6 Å². The molecule has 0 saturated heterocycles. The van der Waals surface area contributed by atoms with E-state index in [2.05, 4.69) is 20.3 Å². The smallest absolute Gasteiger partial charge is 0.276 e. The maximum absolute atomic E-state index is 11.8. The van der Waals surface area contributed by atoms with Gasteiger partial charge in [0.15, 0.2) is 0 Å². The van der Waals surface area contributed by atoms with Crippen LogP contribution < -0.4 is 5.32 Å². The van der Waals surface area contributed by atoms with Crippen LogP contribution in [0.4, 0.5) is 5.95 Å². The maximum Gasteiger partial charge on any atom is 0.276 e. The van der Waals surface area contributed by atoms with Crippen molar-refractivity contribution in [3.05, 3.63) is 47.0 Å². The van der Waals surface area contributed by atoms with Gasteiger partial charge in [-0.25, -0.2) is 9.97 Å². The summed E-state index contributed by atoms with van der Waals surface area (Å²) in [6.45, 7) is 1.81. The Labute approximate surface area is 103 Å². The predicted molar refractivity (Wildman–Crippen MR) is 64.0 cm³/mol. The number of aromatic nitrogens is 3. The Morgan fingerprint density at radius 3 is 2.82 bits per heavy atom. The number of hydrogen-bond acceptors (Lipinski definition) is 4. The van der Waals surface area contributed by atoms with Gasteiger partial charge in [-0.1, -0.05) is 17.7 Å². The molecule has 0 aliphatic heterocycles. The predicted octanol–water partition coefficient (Wildman–Crippen LogP) is 2.09. The molecular formula is C11H9ClN4O. The molecular weight excluding hydrogens is 240 g/mol. The summed E-state index contributed by atoms with van der Waals surface area (Å²) in [7, 11) is 0. The number of carbonyl (C=O) groups is 1. The van der Waals surface area contributed by atoms with Gasteiger partial charge in [0, 0.05) is 12.4 Å². The summed E-state index contributed by atoms with van der Waals surface area (Å²) >= 11 is 5.69. The molecule has 86 valence electrons. The molecule has 0 aliphatic carbocycles. The Kier molecular flexibility index (Phi) is 3.30. The van der Waals surface area contributed by atoms with Gasteiger partial charge in [0.1, 0.15) is 10.8 Å². The fourth-order valence-electron chi connectivity index (χ4n) is 1.28. The first-order valence-electron chi connectivity index (χ1n) is 4.88. The van der Waals surface area contributed by atoms with E-state index in [1.165, 1.54) is 12.3 Å². The van der Waals surface area contributed by atoms with Gasteiger partial charge in [-0.05, 0) is 24.6 Å². The molecule has 2 rings (SSSR count). The number of halogens is 1. The van der Waals surface area contributed by atoms with E-state index in [9.17, 15) is 4.79 Å². The first-order chi connectivity index (χ1) is 8.16. The second kappa shape index (κ2) is 4.88. The van der Waals surface area contributed by atoms with E-state index in [1.807, 2.05) is 0 Å². The fraction of sp³-hybridized carbons (Fsp3) is 0.0909. The average Bonchev–Trinajstić information content (AvgIpc) is 2.29. The van der Waals surface area contributed by atoms with Crippen LogP contribution in [0.25, 0.3) is 0 Å². The molecule has 2 aromatic rings. The lowest BCUT2D eigenvalue weighted by molar-refractivity contribution is 0.102. The van der Waals surface area contributed by atoms with Gasteiger partial charge in [-0.2, -0.15) is 0 Å². The van der Waals surface area contributed by atoms with E-state index in [0.29, 0.717) is 5.69 Å². The molecule has 0 spiro atoms. The van der Waals surface area contributed by atoms with Crippen molar-refractivity contribution in [3.8, 4) is 0 Å². The van der Waals surface area contributed by atoms with E-state index in [0.717, 1.165) is 5.56 Å². The van der Waals surface area contributed by atoms with Crippen LogP contribution in [0.1, 0.15) is 16.1 Å². The van der Waals surface area contributed by atoms with Crippen LogP contribution in [-0.2, 0) is 0 Å². The summed E-state index contributed by atoms with van der Waals surface area (Å²) in [6.07, 6.45) is 3.02. The number of pyridine rings is 1. The normalized spacial score (nSPS) is 10.0. The van der Waals surface area contributed by atoms with Crippen molar-refractivity contribution in [2.75, 3.05) is 5.32 Å². The van der Waals surface area contributed by atoms with Crippen LogP contribution in [0.5, 0.6) is 0 Å². The van der Waals surface area contributed by atoms with Crippen LogP contribution in [0.2, 0.25) is 5.15 Å². The van der Waals surface area contributed by atoms with Crippen LogP contribution in [0.15, 0.2) is 30.6 Å². The maximum atomic E-state index is 11.8. The fourth-order valence-corrected chi connectivity index (χ4v) is 1.42. The molecule has 2 aromatic heterocycles. The molecule has 1 N–H and O–H groups in total.